The number of rotatable bonds is 5. The molecule has 0 bridgehead atoms. The second-order valence-electron chi connectivity index (χ2n) is 6.58. The zero-order valence-corrected chi connectivity index (χ0v) is 16.9. The van der Waals surface area contributed by atoms with E-state index in [1.165, 1.54) is 23.5 Å². The molecule has 2 aromatic heterocycles. The van der Waals surface area contributed by atoms with Crippen molar-refractivity contribution >= 4 is 10.0 Å². The minimum atomic E-state index is -3.76. The molecule has 3 aromatic rings. The fraction of sp³-hybridized carbons (Fsp3) is 0.250. The maximum atomic E-state index is 13.1. The molecule has 1 aromatic carbocycles. The molecule has 4 rings (SSSR count). The van der Waals surface area contributed by atoms with Gasteiger partial charge in [-0.25, -0.2) is 18.4 Å². The molecule has 150 valence electrons. The smallest absolute Gasteiger partial charge is 0.243 e. The van der Waals surface area contributed by atoms with Crippen LogP contribution in [0.1, 0.15) is 11.5 Å². The van der Waals surface area contributed by atoms with Crippen LogP contribution >= 0.6 is 0 Å². The van der Waals surface area contributed by atoms with Crippen molar-refractivity contribution in [1.82, 2.24) is 19.3 Å². The van der Waals surface area contributed by atoms with Gasteiger partial charge in [0.2, 0.25) is 10.0 Å². The summed E-state index contributed by atoms with van der Waals surface area (Å²) in [5.74, 6) is 1.55. The number of aromatic nitrogens is 3. The van der Waals surface area contributed by atoms with Gasteiger partial charge in [0, 0.05) is 37.3 Å². The first-order chi connectivity index (χ1) is 13.9. The maximum absolute atomic E-state index is 13.1. The standard InChI is InChI=1S/C20H20N4O4S/c1-14-22-12-17(15-5-7-21-8-6-15)18(23-14)13-24(2)29(25,26)16-3-4-19-20(11-16)28-10-9-27-19/h3-8,11-12H,9-10,13H2,1-2H3. The van der Waals surface area contributed by atoms with Crippen LogP contribution in [0, 0.1) is 6.92 Å². The minimum absolute atomic E-state index is 0.0950. The van der Waals surface area contributed by atoms with Gasteiger partial charge in [0.25, 0.3) is 0 Å². The van der Waals surface area contributed by atoms with Crippen LogP contribution in [0.5, 0.6) is 11.5 Å². The number of hydrogen-bond donors (Lipinski definition) is 0. The number of sulfonamides is 1. The SMILES string of the molecule is Cc1ncc(-c2ccncc2)c(CN(C)S(=O)(=O)c2ccc3c(c2)OCCO3)n1. The van der Waals surface area contributed by atoms with Gasteiger partial charge in [-0.3, -0.25) is 4.98 Å². The van der Waals surface area contributed by atoms with Gasteiger partial charge in [-0.05, 0) is 36.8 Å². The van der Waals surface area contributed by atoms with Crippen molar-refractivity contribution in [1.29, 1.82) is 0 Å². The zero-order chi connectivity index (χ0) is 20.4. The summed E-state index contributed by atoms with van der Waals surface area (Å²) < 4.78 is 38.5. The molecule has 0 atom stereocenters. The summed E-state index contributed by atoms with van der Waals surface area (Å²) >= 11 is 0. The van der Waals surface area contributed by atoms with Crippen LogP contribution in [-0.2, 0) is 16.6 Å². The topological polar surface area (TPSA) is 94.5 Å². The van der Waals surface area contributed by atoms with E-state index in [1.807, 2.05) is 12.1 Å². The number of benzene rings is 1. The summed E-state index contributed by atoms with van der Waals surface area (Å²) in [6, 6.07) is 8.32. The molecular weight excluding hydrogens is 392 g/mol. The van der Waals surface area contributed by atoms with Crippen molar-refractivity contribution in [2.75, 3.05) is 20.3 Å². The molecule has 8 nitrogen and oxygen atoms in total. The van der Waals surface area contributed by atoms with Crippen molar-refractivity contribution in [3.8, 4) is 22.6 Å². The highest BCUT2D eigenvalue weighted by molar-refractivity contribution is 7.89. The van der Waals surface area contributed by atoms with E-state index in [0.29, 0.717) is 36.2 Å². The number of hydrogen-bond acceptors (Lipinski definition) is 7. The van der Waals surface area contributed by atoms with Gasteiger partial charge in [-0.1, -0.05) is 0 Å². The Labute approximate surface area is 169 Å². The third-order valence-corrected chi connectivity index (χ3v) is 6.37. The molecule has 0 spiro atoms. The molecule has 0 N–H and O–H groups in total. The maximum Gasteiger partial charge on any atom is 0.243 e. The van der Waals surface area contributed by atoms with Gasteiger partial charge in [-0.2, -0.15) is 4.31 Å². The molecule has 1 aliphatic heterocycles. The quantitative estimate of drug-likeness (QED) is 0.635. The Hall–Kier alpha value is -3.04. The van der Waals surface area contributed by atoms with Gasteiger partial charge in [0.05, 0.1) is 17.1 Å². The van der Waals surface area contributed by atoms with Crippen molar-refractivity contribution in [2.24, 2.45) is 0 Å². The number of fused-ring (bicyclic) bond motifs is 1. The van der Waals surface area contributed by atoms with Crippen LogP contribution in [0.3, 0.4) is 0 Å². The summed E-state index contributed by atoms with van der Waals surface area (Å²) in [7, 11) is -2.23. The number of aryl methyl sites for hydroxylation is 1. The molecule has 0 unspecified atom stereocenters. The van der Waals surface area contributed by atoms with Crippen molar-refractivity contribution in [2.45, 2.75) is 18.4 Å². The molecule has 3 heterocycles. The molecule has 29 heavy (non-hydrogen) atoms. The van der Waals surface area contributed by atoms with E-state index in [0.717, 1.165) is 11.1 Å². The lowest BCUT2D eigenvalue weighted by atomic mass is 10.1. The Morgan fingerprint density at radius 2 is 1.79 bits per heavy atom. The van der Waals surface area contributed by atoms with E-state index in [1.54, 1.807) is 31.6 Å². The van der Waals surface area contributed by atoms with Crippen molar-refractivity contribution < 1.29 is 17.9 Å². The van der Waals surface area contributed by atoms with Crippen molar-refractivity contribution in [3.05, 3.63) is 60.4 Å². The number of pyridine rings is 1. The molecule has 0 saturated carbocycles. The van der Waals surface area contributed by atoms with Crippen LogP contribution in [0.15, 0.2) is 53.8 Å². The highest BCUT2D eigenvalue weighted by Gasteiger charge is 2.25. The lowest BCUT2D eigenvalue weighted by molar-refractivity contribution is 0.171. The second-order valence-corrected chi connectivity index (χ2v) is 8.62. The Bertz CT molecular complexity index is 1140. The van der Waals surface area contributed by atoms with Gasteiger partial charge < -0.3 is 9.47 Å². The van der Waals surface area contributed by atoms with Gasteiger partial charge >= 0.3 is 0 Å². The van der Waals surface area contributed by atoms with Crippen molar-refractivity contribution in [3.63, 3.8) is 0 Å². The molecule has 0 fully saturated rings. The lowest BCUT2D eigenvalue weighted by Crippen LogP contribution is -2.27. The lowest BCUT2D eigenvalue weighted by Gasteiger charge is -2.21. The monoisotopic (exact) mass is 412 g/mol. The summed E-state index contributed by atoms with van der Waals surface area (Å²) in [6.45, 7) is 2.71. The first-order valence-corrected chi connectivity index (χ1v) is 10.5. The van der Waals surface area contributed by atoms with Gasteiger partial charge in [-0.15, -0.1) is 0 Å². The van der Waals surface area contributed by atoms with Gasteiger partial charge in [0.1, 0.15) is 19.0 Å². The number of ether oxygens (including phenoxy) is 2. The third-order valence-electron chi connectivity index (χ3n) is 4.57. The summed E-state index contributed by atoms with van der Waals surface area (Å²) in [4.78, 5) is 12.9. The Balaban J connectivity index is 1.66. The summed E-state index contributed by atoms with van der Waals surface area (Å²) in [5.41, 5.74) is 2.26. The molecule has 0 amide bonds. The summed E-state index contributed by atoms with van der Waals surface area (Å²) in [5, 5.41) is 0. The average Bonchev–Trinajstić information content (AvgIpc) is 2.74. The third kappa shape index (κ3) is 3.92. The van der Waals surface area contributed by atoms with Gasteiger partial charge in [0.15, 0.2) is 11.5 Å². The summed E-state index contributed by atoms with van der Waals surface area (Å²) in [6.07, 6.45) is 5.06. The molecule has 0 saturated heterocycles. The second kappa shape index (κ2) is 7.76. The highest BCUT2D eigenvalue weighted by Crippen LogP contribution is 2.33. The van der Waals surface area contributed by atoms with Crippen LogP contribution in [0.2, 0.25) is 0 Å². The van der Waals surface area contributed by atoms with E-state index in [2.05, 4.69) is 15.0 Å². The Kier molecular flexibility index (Phi) is 5.16. The Morgan fingerprint density at radius 1 is 1.07 bits per heavy atom. The first-order valence-electron chi connectivity index (χ1n) is 9.04. The molecule has 0 aliphatic carbocycles. The average molecular weight is 412 g/mol. The fourth-order valence-corrected chi connectivity index (χ4v) is 4.22. The Morgan fingerprint density at radius 3 is 2.55 bits per heavy atom. The molecule has 0 radical (unpaired) electrons. The fourth-order valence-electron chi connectivity index (χ4n) is 3.07. The largest absolute Gasteiger partial charge is 0.486 e. The van der Waals surface area contributed by atoms with Crippen LogP contribution in [0.4, 0.5) is 0 Å². The van der Waals surface area contributed by atoms with Crippen LogP contribution in [-0.4, -0.2) is 47.9 Å². The van der Waals surface area contributed by atoms with E-state index in [9.17, 15) is 8.42 Å². The van der Waals surface area contributed by atoms with E-state index >= 15 is 0 Å². The minimum Gasteiger partial charge on any atom is -0.486 e. The van der Waals surface area contributed by atoms with E-state index in [-0.39, 0.29) is 11.4 Å². The van der Waals surface area contributed by atoms with E-state index in [4.69, 9.17) is 9.47 Å². The van der Waals surface area contributed by atoms with E-state index < -0.39 is 10.0 Å². The number of nitrogens with zero attached hydrogens (tertiary/aromatic N) is 4. The van der Waals surface area contributed by atoms with Crippen LogP contribution in [0.25, 0.3) is 11.1 Å². The predicted octanol–water partition coefficient (Wildman–Crippen LogP) is 2.44. The normalized spacial score (nSPS) is 13.5. The highest BCUT2D eigenvalue weighted by atomic mass is 32.2. The molecule has 9 heteroatoms. The molecular formula is C20H20N4O4S. The van der Waals surface area contributed by atoms with Crippen LogP contribution < -0.4 is 9.47 Å². The zero-order valence-electron chi connectivity index (χ0n) is 16.1. The first kappa shape index (κ1) is 19.3. The predicted molar refractivity (Wildman–Crippen MR) is 106 cm³/mol. The molecule has 1 aliphatic rings.